The van der Waals surface area contributed by atoms with E-state index in [1.807, 2.05) is 0 Å². The highest BCUT2D eigenvalue weighted by molar-refractivity contribution is 9.10. The van der Waals surface area contributed by atoms with E-state index >= 15 is 0 Å². The lowest BCUT2D eigenvalue weighted by Gasteiger charge is -2.07. The largest absolute Gasteiger partial charge is 0.496 e. The molecule has 6 nitrogen and oxygen atoms in total. The summed E-state index contributed by atoms with van der Waals surface area (Å²) in [6.45, 7) is 0. The van der Waals surface area contributed by atoms with Crippen LogP contribution in [0.2, 0.25) is 10.0 Å². The number of benzene rings is 2. The standard InChI is InChI=1S/C16H12BrCl2N3O3/c1-25-13-6-5-10(17)7-9(13)8-20-22-16(24)15(23)21-12-4-2-3-11(18)14(12)19/h2-8H,1H3,(H,21,23)(H,22,24)/b20-8+. The second-order valence-corrected chi connectivity index (χ2v) is 6.34. The number of carbonyl (C=O) groups is 2. The lowest BCUT2D eigenvalue weighted by atomic mass is 10.2. The molecule has 9 heteroatoms. The summed E-state index contributed by atoms with van der Waals surface area (Å²) in [6.07, 6.45) is 1.36. The number of amides is 2. The van der Waals surface area contributed by atoms with E-state index in [-0.39, 0.29) is 15.7 Å². The van der Waals surface area contributed by atoms with E-state index in [2.05, 4.69) is 31.8 Å². The summed E-state index contributed by atoms with van der Waals surface area (Å²) in [6, 6.07) is 9.97. The number of nitrogens with one attached hydrogen (secondary N) is 2. The number of halogens is 3. The van der Waals surface area contributed by atoms with Gasteiger partial charge in [0.25, 0.3) is 0 Å². The molecule has 0 saturated heterocycles. The van der Waals surface area contributed by atoms with Crippen molar-refractivity contribution >= 4 is 62.8 Å². The summed E-state index contributed by atoms with van der Waals surface area (Å²) in [5.74, 6) is -1.32. The molecule has 2 aromatic rings. The molecule has 130 valence electrons. The van der Waals surface area contributed by atoms with Crippen LogP contribution in [0.4, 0.5) is 5.69 Å². The van der Waals surface area contributed by atoms with Crippen molar-refractivity contribution in [2.45, 2.75) is 0 Å². The van der Waals surface area contributed by atoms with Crippen molar-refractivity contribution in [1.29, 1.82) is 0 Å². The van der Waals surface area contributed by atoms with Gasteiger partial charge in [-0.3, -0.25) is 9.59 Å². The number of hydrazone groups is 1. The van der Waals surface area contributed by atoms with Crippen LogP contribution in [0.3, 0.4) is 0 Å². The molecule has 25 heavy (non-hydrogen) atoms. The predicted molar refractivity (Wildman–Crippen MR) is 102 cm³/mol. The monoisotopic (exact) mass is 443 g/mol. The number of ether oxygens (including phenoxy) is 1. The van der Waals surface area contributed by atoms with Gasteiger partial charge in [0.1, 0.15) is 5.75 Å². The van der Waals surface area contributed by atoms with Crippen molar-refractivity contribution in [2.24, 2.45) is 5.10 Å². The number of methoxy groups -OCH3 is 1. The molecule has 0 heterocycles. The Bertz CT molecular complexity index is 843. The second kappa shape index (κ2) is 8.84. The summed E-state index contributed by atoms with van der Waals surface area (Å²) < 4.78 is 5.99. The average Bonchev–Trinajstić information content (AvgIpc) is 2.59. The quantitative estimate of drug-likeness (QED) is 0.427. The van der Waals surface area contributed by atoms with Crippen molar-refractivity contribution < 1.29 is 14.3 Å². The van der Waals surface area contributed by atoms with Crippen molar-refractivity contribution in [2.75, 3.05) is 12.4 Å². The third kappa shape index (κ3) is 5.19. The molecule has 2 aromatic carbocycles. The molecule has 0 aliphatic rings. The number of nitrogens with zero attached hydrogens (tertiary/aromatic N) is 1. The van der Waals surface area contributed by atoms with Crippen LogP contribution in [-0.2, 0) is 9.59 Å². The third-order valence-electron chi connectivity index (χ3n) is 2.97. The molecule has 0 saturated carbocycles. The second-order valence-electron chi connectivity index (χ2n) is 4.64. The van der Waals surface area contributed by atoms with Crippen molar-refractivity contribution in [3.05, 3.63) is 56.5 Å². The number of hydrogen-bond acceptors (Lipinski definition) is 4. The molecule has 0 bridgehead atoms. The molecule has 0 atom stereocenters. The number of anilines is 1. The van der Waals surface area contributed by atoms with Crippen LogP contribution in [0.1, 0.15) is 5.56 Å². The maximum Gasteiger partial charge on any atom is 0.329 e. The molecular formula is C16H12BrCl2N3O3. The number of hydrogen-bond donors (Lipinski definition) is 2. The molecule has 0 aliphatic heterocycles. The van der Waals surface area contributed by atoms with E-state index in [4.69, 9.17) is 27.9 Å². The first-order chi connectivity index (χ1) is 11.9. The lowest BCUT2D eigenvalue weighted by Crippen LogP contribution is -2.32. The normalized spacial score (nSPS) is 10.6. The zero-order chi connectivity index (χ0) is 18.4. The van der Waals surface area contributed by atoms with Crippen molar-refractivity contribution in [3.63, 3.8) is 0 Å². The van der Waals surface area contributed by atoms with Crippen LogP contribution in [-0.4, -0.2) is 25.1 Å². The van der Waals surface area contributed by atoms with Crippen molar-refractivity contribution in [1.82, 2.24) is 5.43 Å². The Morgan fingerprint density at radius 3 is 2.68 bits per heavy atom. The molecule has 0 radical (unpaired) electrons. The molecule has 2 rings (SSSR count). The van der Waals surface area contributed by atoms with E-state index in [1.54, 1.807) is 30.3 Å². The van der Waals surface area contributed by atoms with Crippen LogP contribution >= 0.6 is 39.1 Å². The van der Waals surface area contributed by atoms with Gasteiger partial charge in [-0.05, 0) is 30.3 Å². The van der Waals surface area contributed by atoms with E-state index in [0.717, 1.165) is 4.47 Å². The molecule has 0 spiro atoms. The first kappa shape index (κ1) is 19.2. The molecule has 0 aliphatic carbocycles. The van der Waals surface area contributed by atoms with Gasteiger partial charge in [0.2, 0.25) is 0 Å². The van der Waals surface area contributed by atoms with Gasteiger partial charge in [-0.2, -0.15) is 5.10 Å². The Hall–Kier alpha value is -2.09. The molecule has 0 unspecified atom stereocenters. The van der Waals surface area contributed by atoms with E-state index < -0.39 is 11.8 Å². The van der Waals surface area contributed by atoms with Gasteiger partial charge in [0, 0.05) is 10.0 Å². The van der Waals surface area contributed by atoms with E-state index in [9.17, 15) is 9.59 Å². The molecule has 2 amide bonds. The molecule has 0 aromatic heterocycles. The van der Waals surface area contributed by atoms with Gasteiger partial charge in [0.05, 0.1) is 29.1 Å². The van der Waals surface area contributed by atoms with Gasteiger partial charge >= 0.3 is 11.8 Å². The minimum atomic E-state index is -0.957. The topological polar surface area (TPSA) is 79.8 Å². The van der Waals surface area contributed by atoms with Crippen LogP contribution in [0.25, 0.3) is 0 Å². The SMILES string of the molecule is COc1ccc(Br)cc1/C=N/NC(=O)C(=O)Nc1cccc(Cl)c1Cl. The zero-order valence-electron chi connectivity index (χ0n) is 12.8. The van der Waals surface area contributed by atoms with Gasteiger partial charge in [-0.15, -0.1) is 0 Å². The lowest BCUT2D eigenvalue weighted by molar-refractivity contribution is -0.136. The average molecular weight is 445 g/mol. The van der Waals surface area contributed by atoms with Crippen LogP contribution in [0, 0.1) is 0 Å². The minimum Gasteiger partial charge on any atom is -0.496 e. The summed E-state index contributed by atoms with van der Waals surface area (Å²) >= 11 is 15.1. The maximum atomic E-state index is 11.9. The predicted octanol–water partition coefficient (Wildman–Crippen LogP) is 3.85. The maximum absolute atomic E-state index is 11.9. The first-order valence-electron chi connectivity index (χ1n) is 6.84. The van der Waals surface area contributed by atoms with Gasteiger partial charge in [-0.25, -0.2) is 5.43 Å². The summed E-state index contributed by atoms with van der Waals surface area (Å²) in [5, 5.41) is 6.52. The fraction of sp³-hybridized carbons (Fsp3) is 0.0625. The van der Waals surface area contributed by atoms with Crippen LogP contribution in [0.15, 0.2) is 46.0 Å². The van der Waals surface area contributed by atoms with E-state index in [0.29, 0.717) is 11.3 Å². The Morgan fingerprint density at radius 1 is 1.20 bits per heavy atom. The molecule has 0 fully saturated rings. The highest BCUT2D eigenvalue weighted by atomic mass is 79.9. The van der Waals surface area contributed by atoms with E-state index in [1.165, 1.54) is 19.4 Å². The Morgan fingerprint density at radius 2 is 1.96 bits per heavy atom. The Kier molecular flexibility index (Phi) is 6.81. The third-order valence-corrected chi connectivity index (χ3v) is 4.28. The fourth-order valence-corrected chi connectivity index (χ4v) is 2.52. The summed E-state index contributed by atoms with van der Waals surface area (Å²) in [4.78, 5) is 23.7. The zero-order valence-corrected chi connectivity index (χ0v) is 15.9. The summed E-state index contributed by atoms with van der Waals surface area (Å²) in [7, 11) is 1.52. The van der Waals surface area contributed by atoms with Crippen LogP contribution in [0.5, 0.6) is 5.75 Å². The minimum absolute atomic E-state index is 0.146. The van der Waals surface area contributed by atoms with Gasteiger partial charge in [-0.1, -0.05) is 45.2 Å². The number of carbonyl (C=O) groups excluding carboxylic acids is 2. The Labute approximate surface area is 162 Å². The first-order valence-corrected chi connectivity index (χ1v) is 8.39. The summed E-state index contributed by atoms with van der Waals surface area (Å²) in [5.41, 5.74) is 2.98. The Balaban J connectivity index is 2.01. The van der Waals surface area contributed by atoms with Gasteiger partial charge in [0.15, 0.2) is 0 Å². The highest BCUT2D eigenvalue weighted by Crippen LogP contribution is 2.29. The number of rotatable bonds is 4. The highest BCUT2D eigenvalue weighted by Gasteiger charge is 2.15. The molecular weight excluding hydrogens is 433 g/mol. The van der Waals surface area contributed by atoms with Gasteiger partial charge < -0.3 is 10.1 Å². The fourth-order valence-electron chi connectivity index (χ4n) is 1.80. The smallest absolute Gasteiger partial charge is 0.329 e. The van der Waals surface area contributed by atoms with Crippen molar-refractivity contribution in [3.8, 4) is 5.75 Å². The molecule has 2 N–H and O–H groups in total. The van der Waals surface area contributed by atoms with Crippen LogP contribution < -0.4 is 15.5 Å².